The molecule has 3 heterocycles. The first-order valence-corrected chi connectivity index (χ1v) is 10.3. The Morgan fingerprint density at radius 3 is 2.57 bits per heavy atom. The third-order valence-corrected chi connectivity index (χ3v) is 6.53. The van der Waals surface area contributed by atoms with Gasteiger partial charge < -0.3 is 4.42 Å². The van der Waals surface area contributed by atoms with Crippen LogP contribution in [0.25, 0.3) is 60.0 Å². The zero-order valence-corrected chi connectivity index (χ0v) is 16.8. The van der Waals surface area contributed by atoms with Crippen LogP contribution in [0.1, 0.15) is 5.56 Å². The molecule has 0 aliphatic heterocycles. The smallest absolute Gasteiger partial charge is 0.294 e. The molecule has 30 heavy (non-hydrogen) atoms. The molecule has 4 aromatic carbocycles. The normalized spacial score (nSPS) is 12.3. The fraction of sp³-hybridized carbons (Fsp3) is 0.0741. The minimum absolute atomic E-state index is 0.929. The molecule has 0 amide bonds. The maximum absolute atomic E-state index is 6.34. The predicted octanol–water partition coefficient (Wildman–Crippen LogP) is 6.43. The van der Waals surface area contributed by atoms with E-state index in [1.165, 1.54) is 54.4 Å². The maximum atomic E-state index is 6.34. The lowest BCUT2D eigenvalue weighted by Crippen LogP contribution is -2.26. The summed E-state index contributed by atoms with van der Waals surface area (Å²) in [4.78, 5) is 0. The maximum Gasteiger partial charge on any atom is 0.294 e. The van der Waals surface area contributed by atoms with Crippen molar-refractivity contribution in [1.82, 2.24) is 4.40 Å². The summed E-state index contributed by atoms with van der Waals surface area (Å²) in [6, 6.07) is 23.9. The number of imidazole rings is 1. The number of rotatable bonds is 0. The Kier molecular flexibility index (Phi) is 2.88. The standard InChI is InChI=1S/C27H19N2O/c1-16-6-5-9-19-20-14-21-24(15-22(20)29-13-12-28(2)27(29)25(16)19)30-23-11-10-17-7-3-4-8-18(17)26(21)23/h3-15H,1-2H3/q+1. The van der Waals surface area contributed by atoms with Crippen molar-refractivity contribution < 1.29 is 8.98 Å². The lowest BCUT2D eigenvalue weighted by Gasteiger charge is -2.07. The molecule has 7 rings (SSSR count). The molecule has 3 aromatic heterocycles. The number of nitrogens with zero attached hydrogens (tertiary/aromatic N) is 2. The largest absolute Gasteiger partial charge is 0.456 e. The number of hydrogen-bond donors (Lipinski definition) is 0. The molecule has 0 unspecified atom stereocenters. The van der Waals surface area contributed by atoms with Crippen LogP contribution in [0.5, 0.6) is 0 Å². The molecular formula is C27H19N2O+. The lowest BCUT2D eigenvalue weighted by atomic mass is 9.99. The molecule has 0 atom stereocenters. The van der Waals surface area contributed by atoms with E-state index < -0.39 is 0 Å². The molecule has 0 fully saturated rings. The molecule has 0 saturated carbocycles. The van der Waals surface area contributed by atoms with Gasteiger partial charge in [-0.25, -0.2) is 4.57 Å². The van der Waals surface area contributed by atoms with Gasteiger partial charge in [-0.15, -0.1) is 0 Å². The van der Waals surface area contributed by atoms with Crippen molar-refractivity contribution in [2.75, 3.05) is 0 Å². The van der Waals surface area contributed by atoms with E-state index in [1.54, 1.807) is 0 Å². The Morgan fingerprint density at radius 1 is 0.767 bits per heavy atom. The minimum atomic E-state index is 0.929. The van der Waals surface area contributed by atoms with Crippen LogP contribution >= 0.6 is 0 Å². The second kappa shape index (κ2) is 5.39. The van der Waals surface area contributed by atoms with Crippen molar-refractivity contribution >= 4 is 60.0 Å². The Labute approximate surface area is 172 Å². The van der Waals surface area contributed by atoms with Gasteiger partial charge in [-0.05, 0) is 35.4 Å². The SMILES string of the molecule is Cc1cccc2c3cc4c(cc3n3cc[n+](C)c3c12)oc1ccc2ccccc2c14. The average molecular weight is 387 g/mol. The van der Waals surface area contributed by atoms with Crippen LogP contribution in [0, 0.1) is 6.92 Å². The Morgan fingerprint density at radius 2 is 1.63 bits per heavy atom. The average Bonchev–Trinajstić information content (AvgIpc) is 3.33. The second-order valence-corrected chi connectivity index (χ2v) is 8.23. The fourth-order valence-electron chi connectivity index (χ4n) is 5.15. The van der Waals surface area contributed by atoms with E-state index in [0.29, 0.717) is 0 Å². The molecule has 0 bridgehead atoms. The van der Waals surface area contributed by atoms with Gasteiger partial charge >= 0.3 is 0 Å². The molecular weight excluding hydrogens is 368 g/mol. The molecule has 0 radical (unpaired) electrons. The van der Waals surface area contributed by atoms with Gasteiger partial charge in [0.15, 0.2) is 0 Å². The van der Waals surface area contributed by atoms with Crippen LogP contribution in [-0.4, -0.2) is 4.40 Å². The summed E-state index contributed by atoms with van der Waals surface area (Å²) in [5, 5.41) is 8.68. The number of benzene rings is 4. The van der Waals surface area contributed by atoms with Gasteiger partial charge in [-0.3, -0.25) is 0 Å². The summed E-state index contributed by atoms with van der Waals surface area (Å²) in [6.45, 7) is 2.19. The van der Waals surface area contributed by atoms with Crippen LogP contribution in [0.4, 0.5) is 0 Å². The van der Waals surface area contributed by atoms with Crippen molar-refractivity contribution in [2.45, 2.75) is 6.92 Å². The van der Waals surface area contributed by atoms with E-state index in [0.717, 1.165) is 11.2 Å². The summed E-state index contributed by atoms with van der Waals surface area (Å²) in [5.41, 5.74) is 5.53. The van der Waals surface area contributed by atoms with E-state index in [9.17, 15) is 0 Å². The number of aryl methyl sites for hydroxylation is 2. The van der Waals surface area contributed by atoms with Crippen LogP contribution in [0.15, 0.2) is 83.5 Å². The number of pyridine rings is 1. The highest BCUT2D eigenvalue weighted by molar-refractivity contribution is 6.23. The second-order valence-electron chi connectivity index (χ2n) is 8.23. The number of hydrogen-bond acceptors (Lipinski definition) is 1. The number of furan rings is 1. The van der Waals surface area contributed by atoms with E-state index in [2.05, 4.69) is 102 Å². The minimum Gasteiger partial charge on any atom is -0.456 e. The predicted molar refractivity (Wildman–Crippen MR) is 123 cm³/mol. The molecule has 0 spiro atoms. The molecule has 142 valence electrons. The molecule has 0 aliphatic carbocycles. The Balaban J connectivity index is 1.80. The lowest BCUT2D eigenvalue weighted by molar-refractivity contribution is -0.643. The molecule has 0 aliphatic rings. The first-order chi connectivity index (χ1) is 14.7. The highest BCUT2D eigenvalue weighted by atomic mass is 16.3. The van der Waals surface area contributed by atoms with Gasteiger partial charge in [0.05, 0.1) is 12.4 Å². The molecule has 3 heteroatoms. The van der Waals surface area contributed by atoms with Gasteiger partial charge in [0.1, 0.15) is 29.1 Å². The topological polar surface area (TPSA) is 21.4 Å². The molecule has 7 aromatic rings. The number of fused-ring (bicyclic) bond motifs is 11. The molecule has 0 N–H and O–H groups in total. The molecule has 3 nitrogen and oxygen atoms in total. The molecule has 0 saturated heterocycles. The van der Waals surface area contributed by atoms with Crippen molar-refractivity contribution in [2.24, 2.45) is 7.05 Å². The highest BCUT2D eigenvalue weighted by Gasteiger charge is 2.21. The summed E-state index contributed by atoms with van der Waals surface area (Å²) in [7, 11) is 2.11. The van der Waals surface area contributed by atoms with Crippen molar-refractivity contribution in [1.29, 1.82) is 0 Å². The quantitative estimate of drug-likeness (QED) is 0.217. The summed E-state index contributed by atoms with van der Waals surface area (Å²) in [6.07, 6.45) is 4.27. The van der Waals surface area contributed by atoms with Crippen LogP contribution in [-0.2, 0) is 7.05 Å². The fourth-order valence-corrected chi connectivity index (χ4v) is 5.15. The summed E-state index contributed by atoms with van der Waals surface area (Å²) in [5.74, 6) is 0. The Hall–Kier alpha value is -3.85. The van der Waals surface area contributed by atoms with Gasteiger partial charge in [0, 0.05) is 27.6 Å². The van der Waals surface area contributed by atoms with Gasteiger partial charge in [-0.2, -0.15) is 4.40 Å². The van der Waals surface area contributed by atoms with Gasteiger partial charge in [0.2, 0.25) is 0 Å². The van der Waals surface area contributed by atoms with Crippen molar-refractivity contribution in [3.8, 4) is 0 Å². The van der Waals surface area contributed by atoms with E-state index in [4.69, 9.17) is 4.42 Å². The Bertz CT molecular complexity index is 1820. The third-order valence-electron chi connectivity index (χ3n) is 6.53. The van der Waals surface area contributed by atoms with Crippen LogP contribution < -0.4 is 4.57 Å². The van der Waals surface area contributed by atoms with Crippen LogP contribution in [0.3, 0.4) is 0 Å². The first-order valence-electron chi connectivity index (χ1n) is 10.3. The van der Waals surface area contributed by atoms with E-state index in [1.807, 2.05) is 0 Å². The highest BCUT2D eigenvalue weighted by Crippen LogP contribution is 2.39. The third kappa shape index (κ3) is 1.87. The zero-order valence-electron chi connectivity index (χ0n) is 16.8. The monoisotopic (exact) mass is 387 g/mol. The summed E-state index contributed by atoms with van der Waals surface area (Å²) < 4.78 is 10.8. The van der Waals surface area contributed by atoms with E-state index >= 15 is 0 Å². The van der Waals surface area contributed by atoms with Crippen LogP contribution in [0.2, 0.25) is 0 Å². The van der Waals surface area contributed by atoms with Gasteiger partial charge in [0.25, 0.3) is 5.65 Å². The van der Waals surface area contributed by atoms with Crippen molar-refractivity contribution in [3.05, 3.63) is 84.7 Å². The van der Waals surface area contributed by atoms with Gasteiger partial charge in [-0.1, -0.05) is 48.5 Å². The number of aromatic nitrogens is 2. The van der Waals surface area contributed by atoms with E-state index in [-0.39, 0.29) is 0 Å². The van der Waals surface area contributed by atoms with Crippen molar-refractivity contribution in [3.63, 3.8) is 0 Å². The summed E-state index contributed by atoms with van der Waals surface area (Å²) >= 11 is 0. The zero-order chi connectivity index (χ0) is 20.0. The first kappa shape index (κ1) is 16.0.